The van der Waals surface area contributed by atoms with Gasteiger partial charge in [0.05, 0.1) is 34.3 Å². The second-order valence-electron chi connectivity index (χ2n) is 8.39. The van der Waals surface area contributed by atoms with Crippen molar-refractivity contribution in [2.24, 2.45) is 10.5 Å². The summed E-state index contributed by atoms with van der Waals surface area (Å²) in [7, 11) is -3.22. The van der Waals surface area contributed by atoms with Gasteiger partial charge >= 0.3 is 13.3 Å². The highest BCUT2D eigenvalue weighted by atomic mass is 31.2. The van der Waals surface area contributed by atoms with Gasteiger partial charge in [-0.2, -0.15) is 5.10 Å². The molecular formula is C19H32N5O7P. The number of hydrogen-bond donors (Lipinski definition) is 2. The molecule has 0 aliphatic rings. The molecule has 1 aromatic rings. The maximum Gasteiger partial charge on any atom is 0.332 e. The summed E-state index contributed by atoms with van der Waals surface area (Å²) in [5.41, 5.74) is 1.33. The van der Waals surface area contributed by atoms with Crippen LogP contribution in [0.3, 0.4) is 0 Å². The van der Waals surface area contributed by atoms with Gasteiger partial charge in [0.2, 0.25) is 0 Å². The van der Waals surface area contributed by atoms with E-state index >= 15 is 0 Å². The van der Waals surface area contributed by atoms with Gasteiger partial charge in [-0.1, -0.05) is 13.8 Å². The van der Waals surface area contributed by atoms with E-state index in [4.69, 9.17) is 9.05 Å². The molecule has 0 unspecified atom stereocenters. The van der Waals surface area contributed by atoms with Crippen LogP contribution >= 0.6 is 7.60 Å². The molecule has 0 aliphatic carbocycles. The lowest BCUT2D eigenvalue weighted by Crippen LogP contribution is -2.33. The molecule has 0 fully saturated rings. The Kier molecular flexibility index (Phi) is 10.4. The summed E-state index contributed by atoms with van der Waals surface area (Å²) in [6, 6.07) is 3.27. The van der Waals surface area contributed by atoms with Crippen LogP contribution in [0.1, 0.15) is 41.5 Å². The van der Waals surface area contributed by atoms with Gasteiger partial charge in [-0.3, -0.25) is 30.2 Å². The van der Waals surface area contributed by atoms with Crippen molar-refractivity contribution in [2.75, 3.05) is 24.7 Å². The molecule has 0 bridgehead atoms. The maximum atomic E-state index is 12.8. The topological polar surface area (TPSA) is 158 Å². The number of non-ortho nitro benzene ring substituents is 1. The van der Waals surface area contributed by atoms with E-state index in [1.807, 2.05) is 13.8 Å². The smallest absolute Gasteiger partial charge is 0.315 e. The first-order chi connectivity index (χ1) is 14.7. The molecule has 32 heavy (non-hydrogen) atoms. The van der Waals surface area contributed by atoms with Crippen LogP contribution in [0.25, 0.3) is 0 Å². The first kappa shape index (κ1) is 27.6. The maximum absolute atomic E-state index is 12.8. The Balaban J connectivity index is 2.67. The third-order valence-corrected chi connectivity index (χ3v) is 6.13. The number of hydrogen-bond acceptors (Lipinski definition) is 10. The number of nitrogens with one attached hydrogen (secondary N) is 2. The molecule has 13 heteroatoms. The van der Waals surface area contributed by atoms with Crippen LogP contribution in [0.15, 0.2) is 23.3 Å². The fraction of sp³-hybridized carbons (Fsp3) is 0.632. The largest absolute Gasteiger partial charge is 0.332 e. The van der Waals surface area contributed by atoms with Gasteiger partial charge in [-0.05, 0) is 33.8 Å². The van der Waals surface area contributed by atoms with Crippen molar-refractivity contribution < 1.29 is 23.5 Å². The first-order valence-electron chi connectivity index (χ1n) is 10.1. The fourth-order valence-corrected chi connectivity index (χ4v) is 4.58. The average molecular weight is 473 g/mol. The van der Waals surface area contributed by atoms with E-state index in [2.05, 4.69) is 15.8 Å². The molecule has 0 spiro atoms. The third-order valence-electron chi connectivity index (χ3n) is 3.87. The number of nitro groups is 2. The summed E-state index contributed by atoms with van der Waals surface area (Å²) in [5.74, 6) is 0. The molecule has 0 amide bonds. The van der Waals surface area contributed by atoms with Gasteiger partial charge in [-0.15, -0.1) is 0 Å². The number of anilines is 1. The fourth-order valence-electron chi connectivity index (χ4n) is 2.60. The normalized spacial score (nSPS) is 12.6. The van der Waals surface area contributed by atoms with Gasteiger partial charge in [0.25, 0.3) is 5.69 Å². The molecule has 0 heterocycles. The predicted octanol–water partition coefficient (Wildman–Crippen LogP) is 4.56. The Morgan fingerprint density at radius 1 is 1.12 bits per heavy atom. The summed E-state index contributed by atoms with van der Waals surface area (Å²) in [4.78, 5) is 20.6. The van der Waals surface area contributed by atoms with Gasteiger partial charge in [0.1, 0.15) is 5.69 Å². The molecule has 0 aromatic heterocycles. The first-order valence-corrected chi connectivity index (χ1v) is 11.9. The van der Waals surface area contributed by atoms with Crippen molar-refractivity contribution in [3.8, 4) is 0 Å². The molecule has 1 rings (SSSR count). The zero-order chi connectivity index (χ0) is 24.5. The van der Waals surface area contributed by atoms with Crippen LogP contribution in [0.5, 0.6) is 0 Å². The van der Waals surface area contributed by atoms with Crippen LogP contribution in [0.2, 0.25) is 0 Å². The minimum Gasteiger partial charge on any atom is -0.315 e. The van der Waals surface area contributed by atoms with Crippen molar-refractivity contribution in [3.63, 3.8) is 0 Å². The molecule has 0 atom stereocenters. The number of hydrazone groups is 1. The van der Waals surface area contributed by atoms with Gasteiger partial charge in [0.15, 0.2) is 0 Å². The highest BCUT2D eigenvalue weighted by Gasteiger charge is 2.27. The van der Waals surface area contributed by atoms with E-state index in [0.717, 1.165) is 12.1 Å². The summed E-state index contributed by atoms with van der Waals surface area (Å²) < 4.78 is 23.8. The molecule has 1 aromatic carbocycles. The van der Waals surface area contributed by atoms with E-state index in [1.54, 1.807) is 33.9 Å². The Labute approximate surface area is 187 Å². The molecule has 0 radical (unpaired) electrons. The zero-order valence-corrected chi connectivity index (χ0v) is 20.1. The van der Waals surface area contributed by atoms with Crippen LogP contribution in [0.4, 0.5) is 17.1 Å². The van der Waals surface area contributed by atoms with Crippen molar-refractivity contribution in [3.05, 3.63) is 38.4 Å². The molecular weight excluding hydrogens is 441 g/mol. The Bertz CT molecular complexity index is 860. The third kappa shape index (κ3) is 9.82. The number of nitro benzene ring substituents is 2. The van der Waals surface area contributed by atoms with Crippen molar-refractivity contribution >= 4 is 30.9 Å². The highest BCUT2D eigenvalue weighted by molar-refractivity contribution is 7.53. The summed E-state index contributed by atoms with van der Waals surface area (Å²) in [6.07, 6.45) is 1.33. The lowest BCUT2D eigenvalue weighted by molar-refractivity contribution is -0.393. The van der Waals surface area contributed by atoms with E-state index in [1.165, 1.54) is 6.07 Å². The Morgan fingerprint density at radius 2 is 1.72 bits per heavy atom. The van der Waals surface area contributed by atoms with Crippen molar-refractivity contribution in [1.82, 2.24) is 5.32 Å². The summed E-state index contributed by atoms with van der Waals surface area (Å²) in [5, 5.41) is 29.2. The summed E-state index contributed by atoms with van der Waals surface area (Å²) in [6.45, 7) is 11.8. The standard InChI is InChI=1S/C19H32N5O7P/c1-14(2)30-32(29,31-15(3)4)10-9-20-12-19(5,6)13-21-22-17-8-7-16(23(25)26)11-18(17)24(27)28/h7-8,11,13-15,20,22H,9-10,12H2,1-6H3. The van der Waals surface area contributed by atoms with Crippen molar-refractivity contribution in [2.45, 2.75) is 53.8 Å². The number of nitrogens with zero attached hydrogens (tertiary/aromatic N) is 3. The van der Waals surface area contributed by atoms with Gasteiger partial charge < -0.3 is 14.4 Å². The number of benzene rings is 1. The molecule has 180 valence electrons. The van der Waals surface area contributed by atoms with E-state index in [9.17, 15) is 24.8 Å². The van der Waals surface area contributed by atoms with E-state index < -0.39 is 28.5 Å². The summed E-state index contributed by atoms with van der Waals surface area (Å²) >= 11 is 0. The quantitative estimate of drug-likeness (QED) is 0.130. The SMILES string of the molecule is CC(C)OP(=O)(CCNCC(C)(C)C=NNc1ccc([N+](=O)[O-])cc1[N+](=O)[O-])OC(C)C. The van der Waals surface area contributed by atoms with Gasteiger partial charge in [-0.25, -0.2) is 0 Å². The monoisotopic (exact) mass is 473 g/mol. The highest BCUT2D eigenvalue weighted by Crippen LogP contribution is 2.49. The average Bonchev–Trinajstić information content (AvgIpc) is 2.63. The van der Waals surface area contributed by atoms with Gasteiger partial charge in [0, 0.05) is 30.8 Å². The molecule has 12 nitrogen and oxygen atoms in total. The lowest BCUT2D eigenvalue weighted by Gasteiger charge is -2.24. The van der Waals surface area contributed by atoms with Crippen LogP contribution < -0.4 is 10.7 Å². The second-order valence-corrected chi connectivity index (χ2v) is 10.5. The Hall–Kier alpha value is -2.40. The zero-order valence-electron chi connectivity index (χ0n) is 19.2. The van der Waals surface area contributed by atoms with E-state index in [0.29, 0.717) is 13.1 Å². The minimum atomic E-state index is -3.22. The molecule has 0 saturated carbocycles. The van der Waals surface area contributed by atoms with Crippen LogP contribution in [-0.2, 0) is 13.6 Å². The molecule has 2 N–H and O–H groups in total. The van der Waals surface area contributed by atoms with Crippen molar-refractivity contribution in [1.29, 1.82) is 0 Å². The minimum absolute atomic E-state index is 0.0400. The second kappa shape index (κ2) is 12.0. The lowest BCUT2D eigenvalue weighted by atomic mass is 9.95. The van der Waals surface area contributed by atoms with Crippen LogP contribution in [0, 0.1) is 25.6 Å². The molecule has 0 saturated heterocycles. The Morgan fingerprint density at radius 3 is 2.22 bits per heavy atom. The predicted molar refractivity (Wildman–Crippen MR) is 123 cm³/mol. The van der Waals surface area contributed by atoms with E-state index in [-0.39, 0.29) is 29.7 Å². The van der Waals surface area contributed by atoms with Crippen LogP contribution in [-0.4, -0.2) is 47.5 Å². The number of rotatable bonds is 14. The molecule has 0 aliphatic heterocycles.